The molecule has 0 spiro atoms. The Bertz CT molecular complexity index is 1090. The highest BCUT2D eigenvalue weighted by Gasteiger charge is 2.36. The number of hydrogen-bond donors (Lipinski definition) is 1. The molecule has 1 aliphatic carbocycles. The molecule has 0 unspecified atom stereocenters. The number of nitrogens with zero attached hydrogens (tertiary/aromatic N) is 2. The zero-order chi connectivity index (χ0) is 22.9. The quantitative estimate of drug-likeness (QED) is 0.683. The number of carbonyl (C=O) groups excluding carboxylic acids is 3. The molecule has 0 radical (unpaired) electrons. The summed E-state index contributed by atoms with van der Waals surface area (Å²) in [5, 5.41) is 3.36. The normalized spacial score (nSPS) is 19.7. The summed E-state index contributed by atoms with van der Waals surface area (Å²) in [5.74, 6) is 0.278. The number of piperidine rings is 1. The van der Waals surface area contributed by atoms with E-state index in [9.17, 15) is 14.4 Å². The lowest BCUT2D eigenvalue weighted by atomic mass is 9.88. The first-order chi connectivity index (χ1) is 16.0. The van der Waals surface area contributed by atoms with Gasteiger partial charge in [-0.3, -0.25) is 19.7 Å². The Hall–Kier alpha value is -3.14. The third kappa shape index (κ3) is 4.27. The topological polar surface area (TPSA) is 107 Å². The third-order valence-corrected chi connectivity index (χ3v) is 7.50. The summed E-state index contributed by atoms with van der Waals surface area (Å²) < 4.78 is 15.5. The first-order valence-corrected chi connectivity index (χ1v) is 11.9. The molecule has 174 valence electrons. The summed E-state index contributed by atoms with van der Waals surface area (Å²) in [6.07, 6.45) is 3.72. The van der Waals surface area contributed by atoms with Crippen LogP contribution in [0, 0.1) is 5.92 Å². The minimum absolute atomic E-state index is 0.0539. The molecule has 1 N–H and O–H groups in total. The summed E-state index contributed by atoms with van der Waals surface area (Å²) in [5.41, 5.74) is 1.22. The van der Waals surface area contributed by atoms with E-state index >= 15 is 0 Å². The Kier molecular flexibility index (Phi) is 5.92. The van der Waals surface area contributed by atoms with Gasteiger partial charge in [0.2, 0.25) is 12.7 Å². The number of amides is 2. The number of hydrogen-bond acceptors (Lipinski definition) is 8. The van der Waals surface area contributed by atoms with Gasteiger partial charge in [-0.25, -0.2) is 4.98 Å². The van der Waals surface area contributed by atoms with Gasteiger partial charge in [0.1, 0.15) is 0 Å². The fraction of sp³-hybridized carbons (Fsp3) is 0.478. The van der Waals surface area contributed by atoms with Crippen LogP contribution < -0.4 is 14.8 Å². The van der Waals surface area contributed by atoms with Crippen molar-refractivity contribution in [2.45, 2.75) is 38.0 Å². The first kappa shape index (κ1) is 21.7. The number of aromatic nitrogens is 1. The largest absolute Gasteiger partial charge is 0.469 e. The summed E-state index contributed by atoms with van der Waals surface area (Å²) in [4.78, 5) is 45.3. The Morgan fingerprint density at radius 1 is 1.15 bits per heavy atom. The predicted molar refractivity (Wildman–Crippen MR) is 120 cm³/mol. The number of carbonyl (C=O) groups is 3. The fourth-order valence-corrected chi connectivity index (χ4v) is 5.70. The van der Waals surface area contributed by atoms with Gasteiger partial charge in [0.15, 0.2) is 16.6 Å². The number of rotatable bonds is 4. The maximum absolute atomic E-state index is 13.3. The molecule has 0 saturated carbocycles. The van der Waals surface area contributed by atoms with E-state index in [0.29, 0.717) is 48.1 Å². The van der Waals surface area contributed by atoms with Crippen molar-refractivity contribution in [1.29, 1.82) is 0 Å². The average Bonchev–Trinajstić information content (AvgIpc) is 3.48. The van der Waals surface area contributed by atoms with Crippen LogP contribution in [-0.2, 0) is 20.7 Å². The van der Waals surface area contributed by atoms with Crippen LogP contribution in [-0.4, -0.2) is 54.7 Å². The molecular weight excluding hydrogens is 446 g/mol. The van der Waals surface area contributed by atoms with Crippen molar-refractivity contribution in [2.24, 2.45) is 5.92 Å². The molecule has 1 fully saturated rings. The summed E-state index contributed by atoms with van der Waals surface area (Å²) in [7, 11) is 1.40. The average molecular weight is 472 g/mol. The van der Waals surface area contributed by atoms with Gasteiger partial charge in [-0.05, 0) is 50.3 Å². The highest BCUT2D eigenvalue weighted by molar-refractivity contribution is 7.16. The van der Waals surface area contributed by atoms with Gasteiger partial charge >= 0.3 is 5.97 Å². The van der Waals surface area contributed by atoms with E-state index < -0.39 is 0 Å². The summed E-state index contributed by atoms with van der Waals surface area (Å²) >= 11 is 1.43. The number of aryl methyl sites for hydroxylation is 1. The zero-order valence-corrected chi connectivity index (χ0v) is 19.1. The molecule has 9 nitrogen and oxygen atoms in total. The lowest BCUT2D eigenvalue weighted by Gasteiger charge is -2.34. The highest BCUT2D eigenvalue weighted by Crippen LogP contribution is 2.39. The summed E-state index contributed by atoms with van der Waals surface area (Å²) in [6, 6.07) is 5.04. The van der Waals surface area contributed by atoms with Gasteiger partial charge in [0, 0.05) is 23.5 Å². The Morgan fingerprint density at radius 3 is 2.73 bits per heavy atom. The SMILES string of the molecule is COC(=O)C1CCN(C(=O)[C@H]2CCCc3sc(NC(=O)c4ccc5c(c4)OCO5)nc32)CC1. The van der Waals surface area contributed by atoms with E-state index in [1.807, 2.05) is 4.90 Å². The van der Waals surface area contributed by atoms with Crippen molar-refractivity contribution in [2.75, 3.05) is 32.3 Å². The van der Waals surface area contributed by atoms with Gasteiger partial charge in [0.05, 0.1) is 24.6 Å². The lowest BCUT2D eigenvalue weighted by molar-refractivity contribution is -0.149. The molecule has 3 heterocycles. The number of benzene rings is 1. The van der Waals surface area contributed by atoms with Crippen LogP contribution in [0.3, 0.4) is 0 Å². The molecule has 5 rings (SSSR count). The number of likely N-dealkylation sites (tertiary alicyclic amines) is 1. The number of thiazole rings is 1. The van der Waals surface area contributed by atoms with Gasteiger partial charge < -0.3 is 19.1 Å². The number of ether oxygens (including phenoxy) is 3. The van der Waals surface area contributed by atoms with E-state index in [1.165, 1.54) is 18.4 Å². The minimum Gasteiger partial charge on any atom is -0.469 e. The molecule has 2 aromatic rings. The highest BCUT2D eigenvalue weighted by atomic mass is 32.1. The molecule has 2 amide bonds. The lowest BCUT2D eigenvalue weighted by Crippen LogP contribution is -2.43. The number of methoxy groups -OCH3 is 1. The number of esters is 1. The van der Waals surface area contributed by atoms with Crippen LogP contribution in [0.15, 0.2) is 18.2 Å². The molecule has 33 heavy (non-hydrogen) atoms. The molecule has 1 saturated heterocycles. The van der Waals surface area contributed by atoms with Crippen LogP contribution in [0.25, 0.3) is 0 Å². The van der Waals surface area contributed by atoms with Gasteiger partial charge in [-0.2, -0.15) is 0 Å². The van der Waals surface area contributed by atoms with Crippen LogP contribution in [0.1, 0.15) is 52.5 Å². The Morgan fingerprint density at radius 2 is 1.94 bits per heavy atom. The van der Waals surface area contributed by atoms with E-state index in [1.54, 1.807) is 18.2 Å². The van der Waals surface area contributed by atoms with E-state index in [-0.39, 0.29) is 36.4 Å². The number of fused-ring (bicyclic) bond motifs is 2. The maximum atomic E-state index is 13.3. The van der Waals surface area contributed by atoms with Gasteiger partial charge in [-0.1, -0.05) is 0 Å². The fourth-order valence-electron chi connectivity index (χ4n) is 4.64. The van der Waals surface area contributed by atoms with E-state index in [0.717, 1.165) is 29.8 Å². The van der Waals surface area contributed by atoms with Crippen LogP contribution in [0.4, 0.5) is 5.13 Å². The van der Waals surface area contributed by atoms with E-state index in [4.69, 9.17) is 14.2 Å². The number of anilines is 1. The molecule has 2 aliphatic heterocycles. The van der Waals surface area contributed by atoms with Crippen molar-refractivity contribution >= 4 is 34.3 Å². The summed E-state index contributed by atoms with van der Waals surface area (Å²) in [6.45, 7) is 1.24. The van der Waals surface area contributed by atoms with Gasteiger partial charge in [0.25, 0.3) is 5.91 Å². The molecule has 3 aliphatic rings. The van der Waals surface area contributed by atoms with Crippen molar-refractivity contribution in [3.8, 4) is 11.5 Å². The smallest absolute Gasteiger partial charge is 0.308 e. The zero-order valence-electron chi connectivity index (χ0n) is 18.3. The molecule has 0 bridgehead atoms. The minimum atomic E-state index is -0.309. The molecule has 1 atom stereocenters. The third-order valence-electron chi connectivity index (χ3n) is 6.45. The van der Waals surface area contributed by atoms with Crippen LogP contribution >= 0.6 is 11.3 Å². The Balaban J connectivity index is 1.27. The maximum Gasteiger partial charge on any atom is 0.308 e. The predicted octanol–water partition coefficient (Wildman–Crippen LogP) is 2.96. The molecule has 10 heteroatoms. The van der Waals surface area contributed by atoms with Crippen molar-refractivity contribution in [3.63, 3.8) is 0 Å². The standard InChI is InChI=1S/C23H25N3O6S/c1-30-22(29)13-7-9-26(10-8-13)21(28)15-3-2-4-18-19(15)24-23(33-18)25-20(27)14-5-6-16-17(11-14)32-12-31-16/h5-6,11,13,15H,2-4,7-10,12H2,1H3,(H,24,25,27)/t15-/m0/s1. The van der Waals surface area contributed by atoms with Crippen molar-refractivity contribution in [1.82, 2.24) is 9.88 Å². The van der Waals surface area contributed by atoms with Crippen LogP contribution in [0.5, 0.6) is 11.5 Å². The second-order valence-corrected chi connectivity index (χ2v) is 9.50. The van der Waals surface area contributed by atoms with Crippen molar-refractivity contribution in [3.05, 3.63) is 34.3 Å². The molecule has 1 aromatic carbocycles. The first-order valence-electron chi connectivity index (χ1n) is 11.1. The Labute approximate surface area is 195 Å². The monoisotopic (exact) mass is 471 g/mol. The second kappa shape index (κ2) is 9.01. The van der Waals surface area contributed by atoms with Crippen LogP contribution in [0.2, 0.25) is 0 Å². The molecule has 1 aromatic heterocycles. The van der Waals surface area contributed by atoms with E-state index in [2.05, 4.69) is 10.3 Å². The number of nitrogens with one attached hydrogen (secondary N) is 1. The van der Waals surface area contributed by atoms with Crippen molar-refractivity contribution < 1.29 is 28.6 Å². The van der Waals surface area contributed by atoms with Gasteiger partial charge in [-0.15, -0.1) is 11.3 Å². The molecular formula is C23H25N3O6S. The second-order valence-electron chi connectivity index (χ2n) is 8.42.